The van der Waals surface area contributed by atoms with Crippen LogP contribution >= 0.6 is 35.5 Å². The molecule has 0 radical (unpaired) electrons. The number of benzene rings is 4. The summed E-state index contributed by atoms with van der Waals surface area (Å²) in [6.07, 6.45) is 14.0. The fourth-order valence-corrected chi connectivity index (χ4v) is 15.3. The van der Waals surface area contributed by atoms with E-state index in [2.05, 4.69) is 120 Å². The van der Waals surface area contributed by atoms with Crippen molar-refractivity contribution in [2.45, 2.75) is 91.1 Å². The largest absolute Gasteiger partial charge is 0.463 e. The number of thiol groups is 1. The first-order valence-corrected chi connectivity index (χ1v) is 34.1. The standard InChI is InChI=1S/C74H80N6O8S3/c1-5-7-9-11-19-49-47-63(90-73(49)51-27-29-59-55(45-51)53-21-13-15-23-57(53)79(59)31-35-83-41-43-85-39-37-81-3)65-67(75)70(78-89)66(72-71(65)76-68(61-25-17-33-87-61)69(77-72)62-26-18-34-88-62)64-48-50(20-12-10-8-6-2)74(91-64)52-28-30-60-56(46-52)54-22-14-16-24-58(54)80(60)32-36-84-42-44-86-40-38-82-4/h13-18,21-30,33-34,45-48,75,89H,5-12,19-20,31-32,35-44H2,1-4H3/b75-67?,78-70-. The van der Waals surface area contributed by atoms with Gasteiger partial charge in [0.15, 0.2) is 11.5 Å². The van der Waals surface area contributed by atoms with Crippen molar-refractivity contribution >= 4 is 102 Å². The van der Waals surface area contributed by atoms with E-state index in [9.17, 15) is 5.41 Å². The highest BCUT2D eigenvalue weighted by molar-refractivity contribution is 7.79. The normalized spacial score (nSPS) is 13.2. The molecule has 1 aliphatic carbocycles. The summed E-state index contributed by atoms with van der Waals surface area (Å²) in [7, 11) is 3.35. The van der Waals surface area contributed by atoms with Crippen LogP contribution in [0.25, 0.3) is 98.5 Å². The molecule has 0 aliphatic heterocycles. The SMILES string of the molecule is CCCCCCc1cc(C2=c3nc(-c4ccco4)c(-c4ccco4)nc3=C(c3cc(CCCCCC)c(-c4ccc5c(c4)c4ccccc4n5CCOCCOCCOC)s3)/C(=N/S)C2=N)sc1-c1ccc2c(c1)c1ccccc1n2CCOCCOCCOC. The smallest absolute Gasteiger partial charge is 0.154 e. The van der Waals surface area contributed by atoms with Gasteiger partial charge in [0.1, 0.15) is 27.8 Å². The number of hydrogen-bond acceptors (Lipinski definition) is 15. The molecule has 7 heterocycles. The van der Waals surface area contributed by atoms with Crippen LogP contribution in [0.5, 0.6) is 0 Å². The monoisotopic (exact) mass is 1280 g/mol. The minimum absolute atomic E-state index is 0.229. The van der Waals surface area contributed by atoms with Gasteiger partial charge in [-0.2, -0.15) is 0 Å². The summed E-state index contributed by atoms with van der Waals surface area (Å²) in [6, 6.07) is 43.2. The molecular weight excluding hydrogens is 1200 g/mol. The Morgan fingerprint density at radius 3 is 1.37 bits per heavy atom. The first-order chi connectivity index (χ1) is 44.9. The number of fused-ring (bicyclic) bond motifs is 7. The number of unbranched alkanes of at least 4 members (excludes halogenated alkanes) is 6. The highest BCUT2D eigenvalue weighted by Gasteiger charge is 2.33. The van der Waals surface area contributed by atoms with Crippen molar-refractivity contribution in [1.82, 2.24) is 19.1 Å². The molecule has 0 unspecified atom stereocenters. The zero-order valence-corrected chi connectivity index (χ0v) is 55.1. The molecule has 0 saturated carbocycles. The Hall–Kier alpha value is -7.29. The van der Waals surface area contributed by atoms with E-state index in [-0.39, 0.29) is 5.71 Å². The van der Waals surface area contributed by atoms with Gasteiger partial charge < -0.3 is 46.4 Å². The average Bonchev–Trinajstić information content (AvgIpc) is 1.74. The van der Waals surface area contributed by atoms with Crippen LogP contribution in [0.15, 0.2) is 147 Å². The minimum Gasteiger partial charge on any atom is -0.463 e. The first-order valence-electron chi connectivity index (χ1n) is 32.1. The second-order valence-electron chi connectivity index (χ2n) is 22.9. The number of furan rings is 2. The van der Waals surface area contributed by atoms with E-state index in [0.29, 0.717) is 130 Å². The van der Waals surface area contributed by atoms with Crippen LogP contribution in [0, 0.1) is 5.41 Å². The van der Waals surface area contributed by atoms with E-state index in [1.165, 1.54) is 37.5 Å². The Labute approximate surface area is 545 Å². The molecule has 0 saturated heterocycles. The van der Waals surface area contributed by atoms with Gasteiger partial charge in [-0.05, 0) is 134 Å². The highest BCUT2D eigenvalue weighted by Crippen LogP contribution is 2.44. The summed E-state index contributed by atoms with van der Waals surface area (Å²) in [4.78, 5) is 15.5. The lowest BCUT2D eigenvalue weighted by molar-refractivity contribution is 0.0234. The van der Waals surface area contributed by atoms with Gasteiger partial charge in [-0.15, -0.1) is 22.7 Å². The van der Waals surface area contributed by atoms with Crippen LogP contribution in [0.4, 0.5) is 0 Å². The van der Waals surface area contributed by atoms with Gasteiger partial charge in [0.25, 0.3) is 0 Å². The summed E-state index contributed by atoms with van der Waals surface area (Å²) >= 11 is 8.22. The molecule has 12 rings (SSSR count). The molecule has 1 N–H and O–H groups in total. The molecule has 0 fully saturated rings. The molecule has 0 spiro atoms. The zero-order valence-electron chi connectivity index (χ0n) is 52.5. The topological polar surface area (TPSA) is 154 Å². The number of aromatic nitrogens is 4. The average molecular weight is 1280 g/mol. The van der Waals surface area contributed by atoms with Gasteiger partial charge in [0, 0.05) is 102 Å². The fraction of sp³-hybridized carbons (Fsp3) is 0.351. The quantitative estimate of drug-likeness (QED) is 0.0294. The lowest BCUT2D eigenvalue weighted by Gasteiger charge is -2.19. The van der Waals surface area contributed by atoms with Gasteiger partial charge in [-0.25, -0.2) is 14.4 Å². The van der Waals surface area contributed by atoms with Crippen molar-refractivity contribution in [2.75, 3.05) is 80.3 Å². The van der Waals surface area contributed by atoms with E-state index in [0.717, 1.165) is 112 Å². The minimum atomic E-state index is 0.229. The predicted molar refractivity (Wildman–Crippen MR) is 374 cm³/mol. The van der Waals surface area contributed by atoms with Crippen molar-refractivity contribution in [3.8, 4) is 43.8 Å². The Morgan fingerprint density at radius 1 is 0.484 bits per heavy atom. The summed E-state index contributed by atoms with van der Waals surface area (Å²) in [5.74, 6) is 1.08. The maximum absolute atomic E-state index is 10.6. The number of para-hydroxylation sites is 2. The van der Waals surface area contributed by atoms with Crippen molar-refractivity contribution in [2.24, 2.45) is 4.40 Å². The molecule has 1 aliphatic rings. The number of rotatable bonds is 34. The van der Waals surface area contributed by atoms with Crippen LogP contribution in [-0.2, 0) is 54.4 Å². The molecule has 0 atom stereocenters. The number of hydrogen-bond donors (Lipinski definition) is 2. The van der Waals surface area contributed by atoms with Crippen molar-refractivity contribution < 1.29 is 37.3 Å². The van der Waals surface area contributed by atoms with Crippen molar-refractivity contribution in [3.05, 3.63) is 165 Å². The third kappa shape index (κ3) is 13.9. The first kappa shape index (κ1) is 63.8. The predicted octanol–water partition coefficient (Wildman–Crippen LogP) is 16.0. The van der Waals surface area contributed by atoms with Crippen LogP contribution in [0.2, 0.25) is 0 Å². The summed E-state index contributed by atoms with van der Waals surface area (Å²) in [5.41, 5.74) is 12.4. The van der Waals surface area contributed by atoms with Gasteiger partial charge in [-0.3, -0.25) is 5.41 Å². The molecular formula is C74H80N6O8S3. The molecule has 91 heavy (non-hydrogen) atoms. The Balaban J connectivity index is 1.01. The van der Waals surface area contributed by atoms with Gasteiger partial charge in [0.05, 0.1) is 84.3 Å². The van der Waals surface area contributed by atoms with E-state index in [1.807, 2.05) is 24.3 Å². The molecule has 7 aromatic heterocycles. The third-order valence-corrected chi connectivity index (χ3v) is 19.7. The van der Waals surface area contributed by atoms with Crippen LogP contribution in [0.3, 0.4) is 0 Å². The molecule has 17 heteroatoms. The second kappa shape index (κ2) is 30.9. The third-order valence-electron chi connectivity index (χ3n) is 17.0. The van der Waals surface area contributed by atoms with Crippen molar-refractivity contribution in [3.63, 3.8) is 0 Å². The molecule has 4 aromatic carbocycles. The summed E-state index contributed by atoms with van der Waals surface area (Å²) in [5, 5.41) is 16.5. The van der Waals surface area contributed by atoms with Crippen LogP contribution in [-0.4, -0.2) is 111 Å². The molecule has 14 nitrogen and oxygen atoms in total. The number of ether oxygens (including phenoxy) is 6. The number of nitrogens with zero attached hydrogens (tertiary/aromatic N) is 5. The van der Waals surface area contributed by atoms with Gasteiger partial charge in [0.2, 0.25) is 0 Å². The molecule has 11 aromatic rings. The van der Waals surface area contributed by atoms with E-state index >= 15 is 0 Å². The number of thiophene rings is 2. The van der Waals surface area contributed by atoms with E-state index in [4.69, 9.17) is 64.4 Å². The zero-order chi connectivity index (χ0) is 62.5. The Kier molecular flexibility index (Phi) is 21.7. The molecule has 0 bridgehead atoms. The fourth-order valence-electron chi connectivity index (χ4n) is 12.6. The molecule has 0 amide bonds. The summed E-state index contributed by atoms with van der Waals surface area (Å²) < 4.78 is 55.7. The number of aryl methyl sites for hydroxylation is 2. The van der Waals surface area contributed by atoms with Gasteiger partial charge >= 0.3 is 0 Å². The lowest BCUT2D eigenvalue weighted by Crippen LogP contribution is -2.45. The maximum Gasteiger partial charge on any atom is 0.154 e. The highest BCUT2D eigenvalue weighted by atomic mass is 32.1. The van der Waals surface area contributed by atoms with E-state index < -0.39 is 0 Å². The lowest BCUT2D eigenvalue weighted by atomic mass is 9.91. The number of nitrogens with one attached hydrogen (secondary N) is 1. The molecule has 472 valence electrons. The van der Waals surface area contributed by atoms with Crippen LogP contribution < -0.4 is 10.7 Å². The number of methoxy groups -OCH3 is 2. The maximum atomic E-state index is 10.6. The summed E-state index contributed by atoms with van der Waals surface area (Å²) in [6.45, 7) is 11.3. The van der Waals surface area contributed by atoms with Crippen molar-refractivity contribution in [1.29, 1.82) is 5.41 Å². The van der Waals surface area contributed by atoms with Crippen LogP contribution in [0.1, 0.15) is 86.1 Å². The Morgan fingerprint density at radius 2 is 0.923 bits per heavy atom. The van der Waals surface area contributed by atoms with E-state index in [1.54, 1.807) is 49.4 Å². The second-order valence-corrected chi connectivity index (χ2v) is 25.2. The Bertz CT molecular complexity index is 4440. The van der Waals surface area contributed by atoms with Gasteiger partial charge in [-0.1, -0.05) is 101 Å².